The third kappa shape index (κ3) is 3.88. The lowest BCUT2D eigenvalue weighted by atomic mass is 9.79. The number of hydrogen-bond acceptors (Lipinski definition) is 4. The van der Waals surface area contributed by atoms with Gasteiger partial charge in [0.15, 0.2) is 0 Å². The molecule has 0 aromatic heterocycles. The summed E-state index contributed by atoms with van der Waals surface area (Å²) in [7, 11) is -0.356. The molecule has 0 aliphatic carbocycles. The molecule has 1 aromatic carbocycles. The smallest absolute Gasteiger partial charge is 0.494 e. The molecule has 1 aromatic rings. The fourth-order valence-corrected chi connectivity index (χ4v) is 1.61. The first-order valence-corrected chi connectivity index (χ1v) is 6.18. The minimum Gasteiger partial charge on any atom is -0.508 e. The normalized spacial score (nSPS) is 19.1. The van der Waals surface area contributed by atoms with Gasteiger partial charge in [-0.15, -0.1) is 0 Å². The molecule has 0 radical (unpaired) electrons. The van der Waals surface area contributed by atoms with Crippen LogP contribution in [0.4, 0.5) is 4.79 Å². The maximum Gasteiger partial charge on any atom is 0.494 e. The van der Waals surface area contributed by atoms with Gasteiger partial charge in [-0.2, -0.15) is 0 Å². The molecule has 0 bridgehead atoms. The zero-order valence-electron chi connectivity index (χ0n) is 12.1. The van der Waals surface area contributed by atoms with Gasteiger partial charge in [-0.05, 0) is 45.3 Å². The summed E-state index contributed by atoms with van der Waals surface area (Å²) in [5.74, 6) is 0.250. The Labute approximate surface area is 118 Å². The van der Waals surface area contributed by atoms with E-state index >= 15 is 0 Å². The Balaban J connectivity index is 0.000000444. The van der Waals surface area contributed by atoms with E-state index in [1.807, 2.05) is 39.8 Å². The van der Waals surface area contributed by atoms with Crippen molar-refractivity contribution in [2.24, 2.45) is 5.73 Å². The second kappa shape index (κ2) is 5.72. The van der Waals surface area contributed by atoms with E-state index in [-0.39, 0.29) is 24.1 Å². The molecule has 4 N–H and O–H groups in total. The van der Waals surface area contributed by atoms with Crippen molar-refractivity contribution in [3.63, 3.8) is 0 Å². The third-order valence-electron chi connectivity index (χ3n) is 3.42. The standard InChI is InChI=1S/C12H17BO3.CH3NO2/c1-11(2)12(3,4)16-13(15-11)9-5-7-10(14)8-6-9;2-1(3)4/h5-8,14H,1-4H3;2H2,(H,3,4). The fourth-order valence-electron chi connectivity index (χ4n) is 1.61. The first kappa shape index (κ1) is 16.3. The second-order valence-corrected chi connectivity index (χ2v) is 5.52. The molecule has 0 atom stereocenters. The Kier molecular flexibility index (Phi) is 4.67. The van der Waals surface area contributed by atoms with E-state index in [0.717, 1.165) is 5.46 Å². The SMILES string of the molecule is CC1(C)OB(c2ccc(O)cc2)OC1(C)C.NC(=O)O. The van der Waals surface area contributed by atoms with Gasteiger partial charge in [-0.3, -0.25) is 0 Å². The molecule has 2 rings (SSSR count). The molecule has 0 unspecified atom stereocenters. The van der Waals surface area contributed by atoms with Gasteiger partial charge in [-0.25, -0.2) is 4.79 Å². The first-order chi connectivity index (χ1) is 9.05. The van der Waals surface area contributed by atoms with Crippen molar-refractivity contribution in [2.75, 3.05) is 0 Å². The number of carbonyl (C=O) groups is 1. The van der Waals surface area contributed by atoms with E-state index in [1.54, 1.807) is 12.1 Å². The highest BCUT2D eigenvalue weighted by Crippen LogP contribution is 2.36. The number of aromatic hydroxyl groups is 1. The number of amides is 1. The van der Waals surface area contributed by atoms with Gasteiger partial charge in [0, 0.05) is 0 Å². The molecule has 1 aliphatic rings. The van der Waals surface area contributed by atoms with Gasteiger partial charge in [-0.1, -0.05) is 12.1 Å². The number of primary amides is 1. The molecule has 6 nitrogen and oxygen atoms in total. The van der Waals surface area contributed by atoms with Crippen LogP contribution in [0.3, 0.4) is 0 Å². The number of benzene rings is 1. The van der Waals surface area contributed by atoms with Crippen LogP contribution in [0.15, 0.2) is 24.3 Å². The number of carboxylic acid groups (broad SMARTS) is 1. The molecule has 1 aliphatic heterocycles. The predicted octanol–water partition coefficient (Wildman–Crippen LogP) is 1.31. The summed E-state index contributed by atoms with van der Waals surface area (Å²) in [6, 6.07) is 6.91. The second-order valence-electron chi connectivity index (χ2n) is 5.52. The molecule has 110 valence electrons. The van der Waals surface area contributed by atoms with E-state index in [9.17, 15) is 5.11 Å². The molecule has 1 heterocycles. The number of rotatable bonds is 1. The lowest BCUT2D eigenvalue weighted by molar-refractivity contribution is 0.00578. The third-order valence-corrected chi connectivity index (χ3v) is 3.42. The van der Waals surface area contributed by atoms with Crippen LogP contribution in [0.2, 0.25) is 0 Å². The van der Waals surface area contributed by atoms with Crippen LogP contribution in [-0.2, 0) is 9.31 Å². The lowest BCUT2D eigenvalue weighted by Crippen LogP contribution is -2.41. The van der Waals surface area contributed by atoms with Gasteiger partial charge >= 0.3 is 13.2 Å². The van der Waals surface area contributed by atoms with Crippen LogP contribution < -0.4 is 11.2 Å². The summed E-state index contributed by atoms with van der Waals surface area (Å²) in [4.78, 5) is 8.78. The molecular weight excluding hydrogens is 261 g/mol. The molecule has 1 saturated heterocycles. The van der Waals surface area contributed by atoms with Crippen molar-refractivity contribution >= 4 is 18.7 Å². The first-order valence-electron chi connectivity index (χ1n) is 6.18. The summed E-state index contributed by atoms with van der Waals surface area (Å²) >= 11 is 0. The molecule has 7 heteroatoms. The summed E-state index contributed by atoms with van der Waals surface area (Å²) in [5, 5.41) is 16.4. The number of phenolic OH excluding ortho intramolecular Hbond substituents is 1. The van der Waals surface area contributed by atoms with Crippen LogP contribution in [0.5, 0.6) is 5.75 Å². The van der Waals surface area contributed by atoms with Crippen LogP contribution >= 0.6 is 0 Å². The van der Waals surface area contributed by atoms with Gasteiger partial charge in [0.1, 0.15) is 5.75 Å². The summed E-state index contributed by atoms with van der Waals surface area (Å²) < 4.78 is 11.8. The summed E-state index contributed by atoms with van der Waals surface area (Å²) in [6.07, 6.45) is -1.33. The maximum absolute atomic E-state index is 9.22. The van der Waals surface area contributed by atoms with Crippen molar-refractivity contribution in [3.8, 4) is 5.75 Å². The van der Waals surface area contributed by atoms with E-state index < -0.39 is 6.09 Å². The van der Waals surface area contributed by atoms with Crippen LogP contribution in [0, 0.1) is 0 Å². The van der Waals surface area contributed by atoms with Crippen molar-refractivity contribution in [1.82, 2.24) is 0 Å². The zero-order chi connectivity index (χ0) is 15.6. The topological polar surface area (TPSA) is 102 Å². The molecule has 0 spiro atoms. The highest BCUT2D eigenvalue weighted by atomic mass is 16.7. The van der Waals surface area contributed by atoms with Gasteiger partial charge in [0.05, 0.1) is 11.2 Å². The van der Waals surface area contributed by atoms with E-state index in [4.69, 9.17) is 19.2 Å². The molecule has 1 amide bonds. The Morgan fingerprint density at radius 2 is 1.45 bits per heavy atom. The summed E-state index contributed by atoms with van der Waals surface area (Å²) in [6.45, 7) is 8.08. The van der Waals surface area contributed by atoms with Crippen molar-refractivity contribution in [1.29, 1.82) is 0 Å². The predicted molar refractivity (Wildman–Crippen MR) is 76.0 cm³/mol. The highest BCUT2D eigenvalue weighted by Gasteiger charge is 2.51. The van der Waals surface area contributed by atoms with Crippen LogP contribution in [-0.4, -0.2) is 34.6 Å². The molecule has 1 fully saturated rings. The van der Waals surface area contributed by atoms with Crippen molar-refractivity contribution in [3.05, 3.63) is 24.3 Å². The van der Waals surface area contributed by atoms with E-state index in [2.05, 4.69) is 5.73 Å². The Morgan fingerprint density at radius 3 is 1.80 bits per heavy atom. The number of hydrogen-bond donors (Lipinski definition) is 3. The lowest BCUT2D eigenvalue weighted by Gasteiger charge is -2.32. The Bertz CT molecular complexity index is 452. The Hall–Kier alpha value is -1.73. The Morgan fingerprint density at radius 1 is 1.10 bits per heavy atom. The molecule has 0 saturated carbocycles. The monoisotopic (exact) mass is 281 g/mol. The largest absolute Gasteiger partial charge is 0.508 e. The fraction of sp³-hybridized carbons (Fsp3) is 0.462. The number of nitrogens with two attached hydrogens (primary N) is 1. The van der Waals surface area contributed by atoms with Crippen molar-refractivity contribution < 1.29 is 24.3 Å². The highest BCUT2D eigenvalue weighted by molar-refractivity contribution is 6.62. The van der Waals surface area contributed by atoms with Crippen LogP contribution in [0.25, 0.3) is 0 Å². The quantitative estimate of drug-likeness (QED) is 0.674. The maximum atomic E-state index is 9.22. The minimum atomic E-state index is -1.33. The van der Waals surface area contributed by atoms with Crippen molar-refractivity contribution in [2.45, 2.75) is 38.9 Å². The van der Waals surface area contributed by atoms with Gasteiger partial charge in [0.2, 0.25) is 0 Å². The number of phenols is 1. The average Bonchev–Trinajstić information content (AvgIpc) is 2.48. The zero-order valence-corrected chi connectivity index (χ0v) is 12.1. The van der Waals surface area contributed by atoms with E-state index in [1.165, 1.54) is 0 Å². The van der Waals surface area contributed by atoms with Crippen LogP contribution in [0.1, 0.15) is 27.7 Å². The van der Waals surface area contributed by atoms with Gasteiger partial charge in [0.25, 0.3) is 0 Å². The summed E-state index contributed by atoms with van der Waals surface area (Å²) in [5.41, 5.74) is 4.31. The van der Waals surface area contributed by atoms with E-state index in [0.29, 0.717) is 0 Å². The molecular formula is C13H20BNO5. The van der Waals surface area contributed by atoms with Gasteiger partial charge < -0.3 is 25.3 Å². The average molecular weight is 281 g/mol. The molecule has 20 heavy (non-hydrogen) atoms. The minimum absolute atomic E-state index is 0.250.